The molecule has 6 nitrogen and oxygen atoms in total. The standard InChI is InChI=1S/C20H34N2O4S/c1-4-5-13-26-20-8-7-18(16-19(20)17(2)3)27(23,24)21-9-6-10-22-11-14-25-15-12-22/h7-8,16-17,21H,4-6,9-15H2,1-3H3. The molecule has 1 aliphatic heterocycles. The van der Waals surface area contributed by atoms with E-state index in [2.05, 4.69) is 16.5 Å². The van der Waals surface area contributed by atoms with Crippen LogP contribution in [0.25, 0.3) is 0 Å². The van der Waals surface area contributed by atoms with E-state index in [1.54, 1.807) is 18.2 Å². The lowest BCUT2D eigenvalue weighted by atomic mass is 10.0. The number of ether oxygens (including phenoxy) is 2. The van der Waals surface area contributed by atoms with E-state index in [1.807, 2.05) is 13.8 Å². The molecule has 1 aromatic rings. The summed E-state index contributed by atoms with van der Waals surface area (Å²) in [6, 6.07) is 5.17. The lowest BCUT2D eigenvalue weighted by Crippen LogP contribution is -2.38. The van der Waals surface area contributed by atoms with Crippen LogP contribution < -0.4 is 9.46 Å². The molecular weight excluding hydrogens is 364 g/mol. The van der Waals surface area contributed by atoms with Crippen molar-refractivity contribution >= 4 is 10.0 Å². The SMILES string of the molecule is CCCCOc1ccc(S(=O)(=O)NCCCN2CCOCC2)cc1C(C)C. The third kappa shape index (κ3) is 7.07. The van der Waals surface area contributed by atoms with Crippen molar-refractivity contribution in [3.05, 3.63) is 23.8 Å². The van der Waals surface area contributed by atoms with Crippen LogP contribution in [-0.4, -0.2) is 59.3 Å². The van der Waals surface area contributed by atoms with Crippen molar-refractivity contribution < 1.29 is 17.9 Å². The minimum Gasteiger partial charge on any atom is -0.493 e. The molecule has 0 atom stereocenters. The summed E-state index contributed by atoms with van der Waals surface area (Å²) in [6.45, 7) is 11.6. The van der Waals surface area contributed by atoms with Crippen molar-refractivity contribution in [3.8, 4) is 5.75 Å². The smallest absolute Gasteiger partial charge is 0.240 e. The summed E-state index contributed by atoms with van der Waals surface area (Å²) in [4.78, 5) is 2.61. The molecule has 0 saturated carbocycles. The van der Waals surface area contributed by atoms with Gasteiger partial charge in [-0.25, -0.2) is 13.1 Å². The van der Waals surface area contributed by atoms with Crippen LogP contribution in [0, 0.1) is 0 Å². The number of morpholine rings is 1. The predicted molar refractivity (Wildman–Crippen MR) is 108 cm³/mol. The van der Waals surface area contributed by atoms with Crippen LogP contribution in [0.5, 0.6) is 5.75 Å². The number of benzene rings is 1. The third-order valence-corrected chi connectivity index (χ3v) is 6.17. The first-order chi connectivity index (χ1) is 12.9. The van der Waals surface area contributed by atoms with Gasteiger partial charge < -0.3 is 9.47 Å². The minimum absolute atomic E-state index is 0.193. The third-order valence-electron chi connectivity index (χ3n) is 4.72. The maximum absolute atomic E-state index is 12.6. The molecule has 0 bridgehead atoms. The number of nitrogens with zero attached hydrogens (tertiary/aromatic N) is 1. The maximum Gasteiger partial charge on any atom is 0.240 e. The Morgan fingerprint density at radius 2 is 1.96 bits per heavy atom. The highest BCUT2D eigenvalue weighted by Gasteiger charge is 2.18. The average molecular weight is 399 g/mol. The molecule has 0 aromatic heterocycles. The monoisotopic (exact) mass is 398 g/mol. The summed E-state index contributed by atoms with van der Waals surface area (Å²) in [5.41, 5.74) is 0.933. The molecule has 0 radical (unpaired) electrons. The quantitative estimate of drug-likeness (QED) is 0.581. The van der Waals surface area contributed by atoms with Crippen LogP contribution in [0.4, 0.5) is 0 Å². The number of hydrogen-bond donors (Lipinski definition) is 1. The molecule has 1 aliphatic rings. The molecule has 0 amide bonds. The molecule has 1 aromatic carbocycles. The number of hydrogen-bond acceptors (Lipinski definition) is 5. The van der Waals surface area contributed by atoms with Gasteiger partial charge in [0.25, 0.3) is 0 Å². The van der Waals surface area contributed by atoms with Gasteiger partial charge in [-0.2, -0.15) is 0 Å². The largest absolute Gasteiger partial charge is 0.493 e. The van der Waals surface area contributed by atoms with Crippen LogP contribution >= 0.6 is 0 Å². The van der Waals surface area contributed by atoms with E-state index >= 15 is 0 Å². The van der Waals surface area contributed by atoms with E-state index in [9.17, 15) is 8.42 Å². The van der Waals surface area contributed by atoms with Crippen molar-refractivity contribution in [2.24, 2.45) is 0 Å². The Kier molecular flexibility index (Phi) is 9.02. The van der Waals surface area contributed by atoms with Gasteiger partial charge in [0, 0.05) is 19.6 Å². The fourth-order valence-electron chi connectivity index (χ4n) is 3.02. The van der Waals surface area contributed by atoms with E-state index in [4.69, 9.17) is 9.47 Å². The zero-order valence-corrected chi connectivity index (χ0v) is 17.7. The van der Waals surface area contributed by atoms with Crippen LogP contribution in [0.1, 0.15) is 51.5 Å². The number of nitrogens with one attached hydrogen (secondary N) is 1. The molecule has 7 heteroatoms. The Balaban J connectivity index is 1.94. The first-order valence-electron chi connectivity index (χ1n) is 10.0. The number of unbranched alkanes of at least 4 members (excludes halogenated alkanes) is 1. The highest BCUT2D eigenvalue weighted by molar-refractivity contribution is 7.89. The van der Waals surface area contributed by atoms with Crippen LogP contribution in [0.2, 0.25) is 0 Å². The topological polar surface area (TPSA) is 67.9 Å². The summed E-state index contributed by atoms with van der Waals surface area (Å²) in [7, 11) is -3.51. The normalized spacial score (nSPS) is 16.0. The lowest BCUT2D eigenvalue weighted by molar-refractivity contribution is 0.0376. The zero-order chi connectivity index (χ0) is 19.7. The second kappa shape index (κ2) is 11.0. The molecule has 1 N–H and O–H groups in total. The van der Waals surface area contributed by atoms with Crippen molar-refractivity contribution in [1.82, 2.24) is 9.62 Å². The van der Waals surface area contributed by atoms with Crippen LogP contribution in [0.15, 0.2) is 23.1 Å². The van der Waals surface area contributed by atoms with Gasteiger partial charge in [-0.3, -0.25) is 4.90 Å². The second-order valence-corrected chi connectivity index (χ2v) is 9.03. The van der Waals surface area contributed by atoms with E-state index in [0.717, 1.165) is 63.4 Å². The van der Waals surface area contributed by atoms with Gasteiger partial charge >= 0.3 is 0 Å². The highest BCUT2D eigenvalue weighted by Crippen LogP contribution is 2.29. The second-order valence-electron chi connectivity index (χ2n) is 7.26. The Morgan fingerprint density at radius 3 is 2.63 bits per heavy atom. The fraction of sp³-hybridized carbons (Fsp3) is 0.700. The molecule has 154 valence electrons. The Bertz CT molecular complexity index is 671. The molecular formula is C20H34N2O4S. The fourth-order valence-corrected chi connectivity index (χ4v) is 4.13. The van der Waals surface area contributed by atoms with Gasteiger partial charge in [0.15, 0.2) is 0 Å². The molecule has 0 unspecified atom stereocenters. The molecule has 1 heterocycles. The molecule has 1 saturated heterocycles. The van der Waals surface area contributed by atoms with E-state index < -0.39 is 10.0 Å². The number of rotatable bonds is 11. The minimum atomic E-state index is -3.51. The molecule has 0 spiro atoms. The van der Waals surface area contributed by atoms with Crippen LogP contribution in [0.3, 0.4) is 0 Å². The first kappa shape index (κ1) is 22.1. The van der Waals surface area contributed by atoms with Crippen molar-refractivity contribution in [2.45, 2.75) is 50.8 Å². The summed E-state index contributed by atoms with van der Waals surface area (Å²) >= 11 is 0. The van der Waals surface area contributed by atoms with Crippen molar-refractivity contribution in [2.75, 3.05) is 46.0 Å². The molecule has 2 rings (SSSR count). The average Bonchev–Trinajstić information content (AvgIpc) is 2.66. The highest BCUT2D eigenvalue weighted by atomic mass is 32.2. The predicted octanol–water partition coefficient (Wildman–Crippen LogP) is 2.99. The summed E-state index contributed by atoms with van der Waals surface area (Å²) in [5.74, 6) is 0.975. The molecule has 0 aliphatic carbocycles. The molecule has 27 heavy (non-hydrogen) atoms. The first-order valence-corrected chi connectivity index (χ1v) is 11.5. The lowest BCUT2D eigenvalue weighted by Gasteiger charge is -2.26. The van der Waals surface area contributed by atoms with E-state index in [-0.39, 0.29) is 5.92 Å². The van der Waals surface area contributed by atoms with Gasteiger partial charge in [-0.15, -0.1) is 0 Å². The maximum atomic E-state index is 12.6. The summed E-state index contributed by atoms with van der Waals surface area (Å²) in [5, 5.41) is 0. The Hall–Kier alpha value is -1.15. The van der Waals surface area contributed by atoms with Gasteiger partial charge in [0.2, 0.25) is 10.0 Å². The number of sulfonamides is 1. The molecule has 1 fully saturated rings. The Labute approximate surface area is 164 Å². The van der Waals surface area contributed by atoms with Crippen molar-refractivity contribution in [3.63, 3.8) is 0 Å². The van der Waals surface area contributed by atoms with Gasteiger partial charge in [0.05, 0.1) is 24.7 Å². The van der Waals surface area contributed by atoms with Gasteiger partial charge in [-0.05, 0) is 49.1 Å². The van der Waals surface area contributed by atoms with Gasteiger partial charge in [0.1, 0.15) is 5.75 Å². The summed E-state index contributed by atoms with van der Waals surface area (Å²) in [6.07, 6.45) is 2.84. The van der Waals surface area contributed by atoms with Gasteiger partial charge in [-0.1, -0.05) is 27.2 Å². The van der Waals surface area contributed by atoms with Crippen LogP contribution in [-0.2, 0) is 14.8 Å². The van der Waals surface area contributed by atoms with Crippen molar-refractivity contribution in [1.29, 1.82) is 0 Å². The Morgan fingerprint density at radius 1 is 1.22 bits per heavy atom. The van der Waals surface area contributed by atoms with E-state index in [1.165, 1.54) is 0 Å². The summed E-state index contributed by atoms with van der Waals surface area (Å²) < 4.78 is 39.2. The zero-order valence-electron chi connectivity index (χ0n) is 16.9. The van der Waals surface area contributed by atoms with E-state index in [0.29, 0.717) is 18.0 Å².